The van der Waals surface area contributed by atoms with E-state index in [9.17, 15) is 0 Å². The van der Waals surface area contributed by atoms with E-state index in [0.29, 0.717) is 5.95 Å². The second kappa shape index (κ2) is 3.87. The minimum atomic E-state index is 0.306. The summed E-state index contributed by atoms with van der Waals surface area (Å²) in [6, 6.07) is 16.2. The molecule has 0 aliphatic heterocycles. The minimum absolute atomic E-state index is 0.306. The van der Waals surface area contributed by atoms with Crippen LogP contribution >= 0.6 is 0 Å². The SMILES string of the molecule is Nc1ncc2cccc(-c3ccccc3)c2n1. The van der Waals surface area contributed by atoms with Crippen molar-refractivity contribution in [3.8, 4) is 11.1 Å². The van der Waals surface area contributed by atoms with E-state index in [1.807, 2.05) is 36.4 Å². The minimum Gasteiger partial charge on any atom is -0.368 e. The highest BCUT2D eigenvalue weighted by Gasteiger charge is 2.05. The van der Waals surface area contributed by atoms with Crippen LogP contribution < -0.4 is 5.73 Å². The van der Waals surface area contributed by atoms with Crippen LogP contribution in [0.5, 0.6) is 0 Å². The van der Waals surface area contributed by atoms with Crippen molar-refractivity contribution < 1.29 is 0 Å². The fraction of sp³-hybridized carbons (Fsp3) is 0. The maximum atomic E-state index is 5.65. The van der Waals surface area contributed by atoms with Crippen molar-refractivity contribution in [2.75, 3.05) is 5.73 Å². The van der Waals surface area contributed by atoms with Gasteiger partial charge in [-0.25, -0.2) is 9.97 Å². The van der Waals surface area contributed by atoms with Crippen LogP contribution in [0.2, 0.25) is 0 Å². The van der Waals surface area contributed by atoms with Crippen LogP contribution in [-0.2, 0) is 0 Å². The van der Waals surface area contributed by atoms with Gasteiger partial charge in [-0.3, -0.25) is 0 Å². The Morgan fingerprint density at radius 2 is 1.71 bits per heavy atom. The normalized spacial score (nSPS) is 10.6. The zero-order valence-corrected chi connectivity index (χ0v) is 9.17. The summed E-state index contributed by atoms with van der Waals surface area (Å²) in [7, 11) is 0. The number of benzene rings is 2. The van der Waals surface area contributed by atoms with Crippen molar-refractivity contribution in [2.24, 2.45) is 0 Å². The van der Waals surface area contributed by atoms with E-state index in [4.69, 9.17) is 5.73 Å². The molecule has 0 saturated carbocycles. The number of nitrogens with two attached hydrogens (primary N) is 1. The zero-order chi connectivity index (χ0) is 11.7. The van der Waals surface area contributed by atoms with Gasteiger partial charge in [0.05, 0.1) is 5.52 Å². The van der Waals surface area contributed by atoms with Crippen molar-refractivity contribution >= 4 is 16.9 Å². The lowest BCUT2D eigenvalue weighted by Crippen LogP contribution is -1.95. The molecule has 0 atom stereocenters. The van der Waals surface area contributed by atoms with Crippen LogP contribution in [-0.4, -0.2) is 9.97 Å². The topological polar surface area (TPSA) is 51.8 Å². The lowest BCUT2D eigenvalue weighted by atomic mass is 10.0. The highest BCUT2D eigenvalue weighted by molar-refractivity contribution is 5.93. The largest absolute Gasteiger partial charge is 0.368 e. The average molecular weight is 221 g/mol. The molecule has 0 spiro atoms. The third-order valence-corrected chi connectivity index (χ3v) is 2.71. The number of rotatable bonds is 1. The summed E-state index contributed by atoms with van der Waals surface area (Å²) >= 11 is 0. The summed E-state index contributed by atoms with van der Waals surface area (Å²) in [4.78, 5) is 8.33. The van der Waals surface area contributed by atoms with Crippen molar-refractivity contribution in [1.82, 2.24) is 9.97 Å². The Hall–Kier alpha value is -2.42. The predicted molar refractivity (Wildman–Crippen MR) is 69.4 cm³/mol. The molecule has 3 rings (SSSR count). The van der Waals surface area contributed by atoms with Crippen LogP contribution in [0.15, 0.2) is 54.7 Å². The molecule has 0 amide bonds. The number of anilines is 1. The zero-order valence-electron chi connectivity index (χ0n) is 9.17. The van der Waals surface area contributed by atoms with Gasteiger partial charge in [-0.05, 0) is 5.56 Å². The Balaban J connectivity index is 2.33. The molecule has 0 bridgehead atoms. The molecule has 2 aromatic carbocycles. The highest BCUT2D eigenvalue weighted by Crippen LogP contribution is 2.26. The Labute approximate surface area is 98.9 Å². The molecule has 17 heavy (non-hydrogen) atoms. The summed E-state index contributed by atoms with van der Waals surface area (Å²) in [5.74, 6) is 0.306. The maximum absolute atomic E-state index is 5.65. The molecule has 3 nitrogen and oxygen atoms in total. The first-order valence-electron chi connectivity index (χ1n) is 5.41. The Bertz CT molecular complexity index is 663. The second-order valence-corrected chi connectivity index (χ2v) is 3.84. The number of hydrogen-bond acceptors (Lipinski definition) is 3. The summed E-state index contributed by atoms with van der Waals surface area (Å²) in [6.07, 6.45) is 1.75. The fourth-order valence-electron chi connectivity index (χ4n) is 1.92. The number of nitrogen functional groups attached to an aromatic ring is 1. The van der Waals surface area contributed by atoms with Gasteiger partial charge in [0.25, 0.3) is 0 Å². The van der Waals surface area contributed by atoms with E-state index >= 15 is 0 Å². The molecule has 1 heterocycles. The van der Waals surface area contributed by atoms with Gasteiger partial charge >= 0.3 is 0 Å². The van der Waals surface area contributed by atoms with Gasteiger partial charge in [0.15, 0.2) is 0 Å². The van der Waals surface area contributed by atoms with E-state index < -0.39 is 0 Å². The number of nitrogens with zero attached hydrogens (tertiary/aromatic N) is 2. The molecule has 3 heteroatoms. The van der Waals surface area contributed by atoms with E-state index in [1.165, 1.54) is 0 Å². The first kappa shape index (κ1) is 9.78. The Morgan fingerprint density at radius 3 is 2.53 bits per heavy atom. The standard InChI is InChI=1S/C14H11N3/c15-14-16-9-11-7-4-8-12(13(11)17-14)10-5-2-1-3-6-10/h1-9H,(H2,15,16,17). The molecule has 0 aliphatic rings. The fourth-order valence-corrected chi connectivity index (χ4v) is 1.92. The number of para-hydroxylation sites is 1. The van der Waals surface area contributed by atoms with Crippen LogP contribution in [0.25, 0.3) is 22.0 Å². The van der Waals surface area contributed by atoms with Crippen LogP contribution in [0.3, 0.4) is 0 Å². The molecule has 0 saturated heterocycles. The highest BCUT2D eigenvalue weighted by atomic mass is 15.0. The van der Waals surface area contributed by atoms with Crippen LogP contribution in [0, 0.1) is 0 Å². The lowest BCUT2D eigenvalue weighted by Gasteiger charge is -2.05. The van der Waals surface area contributed by atoms with Gasteiger partial charge < -0.3 is 5.73 Å². The van der Waals surface area contributed by atoms with E-state index in [0.717, 1.165) is 22.0 Å². The van der Waals surface area contributed by atoms with Gasteiger partial charge in [-0.15, -0.1) is 0 Å². The average Bonchev–Trinajstić information content (AvgIpc) is 2.39. The smallest absolute Gasteiger partial charge is 0.220 e. The van der Waals surface area contributed by atoms with Crippen molar-refractivity contribution in [3.63, 3.8) is 0 Å². The third kappa shape index (κ3) is 1.72. The quantitative estimate of drug-likeness (QED) is 0.687. The van der Waals surface area contributed by atoms with Crippen molar-refractivity contribution in [1.29, 1.82) is 0 Å². The van der Waals surface area contributed by atoms with Crippen LogP contribution in [0.4, 0.5) is 5.95 Å². The molecular formula is C14H11N3. The first-order chi connectivity index (χ1) is 8.34. The Kier molecular flexibility index (Phi) is 2.22. The van der Waals surface area contributed by atoms with Gasteiger partial charge in [0.2, 0.25) is 5.95 Å². The lowest BCUT2D eigenvalue weighted by molar-refractivity contribution is 1.24. The van der Waals surface area contributed by atoms with Crippen LogP contribution in [0.1, 0.15) is 0 Å². The summed E-state index contributed by atoms with van der Waals surface area (Å²) < 4.78 is 0. The summed E-state index contributed by atoms with van der Waals surface area (Å²) in [5.41, 5.74) is 8.76. The van der Waals surface area contributed by atoms with E-state index in [2.05, 4.69) is 22.1 Å². The molecule has 3 aromatic rings. The maximum Gasteiger partial charge on any atom is 0.220 e. The molecule has 0 aliphatic carbocycles. The van der Waals surface area contributed by atoms with Gasteiger partial charge in [-0.2, -0.15) is 0 Å². The van der Waals surface area contributed by atoms with Crippen molar-refractivity contribution in [3.05, 3.63) is 54.7 Å². The Morgan fingerprint density at radius 1 is 0.882 bits per heavy atom. The summed E-state index contributed by atoms with van der Waals surface area (Å²) in [5, 5.41) is 1.00. The van der Waals surface area contributed by atoms with E-state index in [1.54, 1.807) is 6.20 Å². The molecule has 0 unspecified atom stereocenters. The summed E-state index contributed by atoms with van der Waals surface area (Å²) in [6.45, 7) is 0. The molecular weight excluding hydrogens is 210 g/mol. The van der Waals surface area contributed by atoms with Gasteiger partial charge in [0.1, 0.15) is 0 Å². The molecule has 0 radical (unpaired) electrons. The number of aromatic nitrogens is 2. The molecule has 1 aromatic heterocycles. The second-order valence-electron chi connectivity index (χ2n) is 3.84. The first-order valence-corrected chi connectivity index (χ1v) is 5.41. The van der Waals surface area contributed by atoms with Gasteiger partial charge in [0, 0.05) is 17.1 Å². The molecule has 82 valence electrons. The molecule has 0 fully saturated rings. The number of fused-ring (bicyclic) bond motifs is 1. The number of hydrogen-bond donors (Lipinski definition) is 1. The predicted octanol–water partition coefficient (Wildman–Crippen LogP) is 2.88. The molecule has 2 N–H and O–H groups in total. The van der Waals surface area contributed by atoms with E-state index in [-0.39, 0.29) is 0 Å². The third-order valence-electron chi connectivity index (χ3n) is 2.71. The monoisotopic (exact) mass is 221 g/mol. The van der Waals surface area contributed by atoms with Gasteiger partial charge in [-0.1, -0.05) is 48.5 Å². The van der Waals surface area contributed by atoms with Crippen molar-refractivity contribution in [2.45, 2.75) is 0 Å².